The van der Waals surface area contributed by atoms with E-state index in [4.69, 9.17) is 5.11 Å². The number of likely N-dealkylation sites (N-methyl/N-ethyl adjacent to an activating group) is 1. The van der Waals surface area contributed by atoms with Gasteiger partial charge < -0.3 is 15.3 Å². The van der Waals surface area contributed by atoms with Crippen LogP contribution in [0, 0.1) is 0 Å². The third-order valence-electron chi connectivity index (χ3n) is 2.15. The van der Waals surface area contributed by atoms with E-state index in [1.54, 1.807) is 0 Å². The number of carboxylic acid groups (broad SMARTS) is 1. The molecule has 0 aromatic heterocycles. The Bertz CT molecular complexity index is 226. The summed E-state index contributed by atoms with van der Waals surface area (Å²) < 4.78 is 0. The Morgan fingerprint density at radius 3 is 2.64 bits per heavy atom. The van der Waals surface area contributed by atoms with Gasteiger partial charge in [0.1, 0.15) is 6.54 Å². The summed E-state index contributed by atoms with van der Waals surface area (Å²) in [5.41, 5.74) is 0. The van der Waals surface area contributed by atoms with Crippen molar-refractivity contribution in [3.05, 3.63) is 0 Å². The predicted molar refractivity (Wildman–Crippen MR) is 50.9 cm³/mol. The molecular weight excluding hydrogens is 184 g/mol. The van der Waals surface area contributed by atoms with Gasteiger partial charge in [0.05, 0.1) is 0 Å². The summed E-state index contributed by atoms with van der Waals surface area (Å²) in [5, 5.41) is 11.6. The van der Waals surface area contributed by atoms with Crippen LogP contribution in [0.2, 0.25) is 0 Å². The van der Waals surface area contributed by atoms with Crippen LogP contribution in [0.15, 0.2) is 0 Å². The largest absolute Gasteiger partial charge is 0.480 e. The highest BCUT2D eigenvalue weighted by molar-refractivity contribution is 5.81. The molecule has 0 atom stereocenters. The van der Waals surface area contributed by atoms with Crippen molar-refractivity contribution in [1.82, 2.24) is 10.2 Å². The normalized spacial score (nSPS) is 15.2. The Hall–Kier alpha value is -1.10. The number of nitrogens with one attached hydrogen (secondary N) is 1. The molecule has 0 heterocycles. The molecule has 0 bridgehead atoms. The lowest BCUT2D eigenvalue weighted by Crippen LogP contribution is -2.34. The van der Waals surface area contributed by atoms with Crippen LogP contribution in [0.4, 0.5) is 0 Å². The molecule has 1 aliphatic rings. The van der Waals surface area contributed by atoms with E-state index < -0.39 is 5.97 Å². The zero-order chi connectivity index (χ0) is 10.6. The van der Waals surface area contributed by atoms with Crippen molar-refractivity contribution < 1.29 is 14.7 Å². The van der Waals surface area contributed by atoms with Crippen molar-refractivity contribution in [1.29, 1.82) is 0 Å². The quantitative estimate of drug-likeness (QED) is 0.616. The lowest BCUT2D eigenvalue weighted by Gasteiger charge is -2.14. The van der Waals surface area contributed by atoms with Crippen LogP contribution in [-0.4, -0.2) is 48.1 Å². The number of hydrogen-bond donors (Lipinski definition) is 2. The number of amides is 1. The molecule has 80 valence electrons. The molecule has 5 heteroatoms. The number of rotatable bonds is 6. The molecule has 0 aliphatic heterocycles. The van der Waals surface area contributed by atoms with Crippen molar-refractivity contribution >= 4 is 11.9 Å². The minimum Gasteiger partial charge on any atom is -0.480 e. The zero-order valence-electron chi connectivity index (χ0n) is 8.32. The van der Waals surface area contributed by atoms with Crippen LogP contribution in [-0.2, 0) is 9.59 Å². The first-order valence-electron chi connectivity index (χ1n) is 4.78. The Balaban J connectivity index is 2.08. The first-order chi connectivity index (χ1) is 6.59. The minimum absolute atomic E-state index is 0.124. The van der Waals surface area contributed by atoms with E-state index in [0.717, 1.165) is 0 Å². The summed E-state index contributed by atoms with van der Waals surface area (Å²) in [6, 6.07) is 0.590. The van der Waals surface area contributed by atoms with E-state index >= 15 is 0 Å². The van der Waals surface area contributed by atoms with Gasteiger partial charge in [0.25, 0.3) is 0 Å². The van der Waals surface area contributed by atoms with E-state index in [1.807, 2.05) is 0 Å². The second-order valence-corrected chi connectivity index (χ2v) is 3.62. The third-order valence-corrected chi connectivity index (χ3v) is 2.15. The van der Waals surface area contributed by atoms with Crippen LogP contribution in [0.25, 0.3) is 0 Å². The Morgan fingerprint density at radius 1 is 1.50 bits per heavy atom. The van der Waals surface area contributed by atoms with Gasteiger partial charge >= 0.3 is 5.97 Å². The molecule has 0 spiro atoms. The third kappa shape index (κ3) is 4.23. The van der Waals surface area contributed by atoms with Gasteiger partial charge in [-0.1, -0.05) is 0 Å². The van der Waals surface area contributed by atoms with Gasteiger partial charge in [0.15, 0.2) is 0 Å². The highest BCUT2D eigenvalue weighted by atomic mass is 16.4. The van der Waals surface area contributed by atoms with Crippen LogP contribution in [0.3, 0.4) is 0 Å². The molecular formula is C9H16N2O3. The molecule has 1 fully saturated rings. The fourth-order valence-corrected chi connectivity index (χ4v) is 1.15. The molecule has 1 saturated carbocycles. The number of carboxylic acids is 1. The van der Waals surface area contributed by atoms with E-state index in [1.165, 1.54) is 24.8 Å². The van der Waals surface area contributed by atoms with Crippen LogP contribution in [0.5, 0.6) is 0 Å². The lowest BCUT2D eigenvalue weighted by atomic mass is 10.3. The van der Waals surface area contributed by atoms with Crippen molar-refractivity contribution in [2.45, 2.75) is 25.3 Å². The van der Waals surface area contributed by atoms with Crippen molar-refractivity contribution in [3.63, 3.8) is 0 Å². The van der Waals surface area contributed by atoms with Gasteiger partial charge in [-0.25, -0.2) is 0 Å². The average Bonchev–Trinajstić information content (AvgIpc) is 2.86. The monoisotopic (exact) mass is 200 g/mol. The van der Waals surface area contributed by atoms with Gasteiger partial charge in [0, 0.05) is 26.1 Å². The molecule has 1 rings (SSSR count). The van der Waals surface area contributed by atoms with Crippen molar-refractivity contribution in [2.24, 2.45) is 0 Å². The van der Waals surface area contributed by atoms with Gasteiger partial charge in [-0.15, -0.1) is 0 Å². The smallest absolute Gasteiger partial charge is 0.323 e. The Labute approximate surface area is 83.1 Å². The average molecular weight is 200 g/mol. The molecule has 2 N–H and O–H groups in total. The summed E-state index contributed by atoms with van der Waals surface area (Å²) in [4.78, 5) is 22.8. The highest BCUT2D eigenvalue weighted by Gasteiger charge is 2.20. The van der Waals surface area contributed by atoms with Crippen molar-refractivity contribution in [3.8, 4) is 0 Å². The molecule has 5 nitrogen and oxygen atoms in total. The zero-order valence-corrected chi connectivity index (χ0v) is 8.32. The molecule has 1 aliphatic carbocycles. The summed E-state index contributed by atoms with van der Waals surface area (Å²) in [6.45, 7) is 0.426. The van der Waals surface area contributed by atoms with Crippen LogP contribution < -0.4 is 5.32 Å². The van der Waals surface area contributed by atoms with Crippen LogP contribution >= 0.6 is 0 Å². The first kappa shape index (κ1) is 11.0. The fraction of sp³-hybridized carbons (Fsp3) is 0.778. The van der Waals surface area contributed by atoms with Crippen LogP contribution in [0.1, 0.15) is 19.3 Å². The minimum atomic E-state index is -0.976. The van der Waals surface area contributed by atoms with E-state index in [9.17, 15) is 9.59 Å². The number of carbonyl (C=O) groups is 2. The standard InChI is InChI=1S/C9H16N2O3/c1-11(6-9(13)14)8(12)4-5-10-7-2-3-7/h7,10H,2-6H2,1H3,(H,13,14). The van der Waals surface area contributed by atoms with Crippen molar-refractivity contribution in [2.75, 3.05) is 20.1 Å². The maximum atomic E-state index is 11.3. The van der Waals surface area contributed by atoms with Gasteiger partial charge in [-0.2, -0.15) is 0 Å². The second-order valence-electron chi connectivity index (χ2n) is 3.62. The summed E-state index contributed by atoms with van der Waals surface area (Å²) >= 11 is 0. The molecule has 14 heavy (non-hydrogen) atoms. The topological polar surface area (TPSA) is 69.6 Å². The predicted octanol–water partition coefficient (Wildman–Crippen LogP) is -0.328. The molecule has 0 unspecified atom stereocenters. The van der Waals surface area contributed by atoms with Gasteiger partial charge in [-0.3, -0.25) is 9.59 Å². The maximum absolute atomic E-state index is 11.3. The highest BCUT2D eigenvalue weighted by Crippen LogP contribution is 2.18. The number of hydrogen-bond acceptors (Lipinski definition) is 3. The molecule has 0 radical (unpaired) electrons. The number of nitrogens with zero attached hydrogens (tertiary/aromatic N) is 1. The molecule has 0 aromatic carbocycles. The number of aliphatic carboxylic acids is 1. The summed E-state index contributed by atoms with van der Waals surface area (Å²) in [5.74, 6) is -1.10. The van der Waals surface area contributed by atoms with Gasteiger partial charge in [0.2, 0.25) is 5.91 Å². The van der Waals surface area contributed by atoms with E-state index in [2.05, 4.69) is 5.32 Å². The second kappa shape index (κ2) is 4.95. The molecule has 0 saturated heterocycles. The molecule has 0 aromatic rings. The maximum Gasteiger partial charge on any atom is 0.323 e. The van der Waals surface area contributed by atoms with E-state index in [0.29, 0.717) is 19.0 Å². The Kier molecular flexibility index (Phi) is 3.88. The lowest BCUT2D eigenvalue weighted by molar-refractivity contribution is -0.143. The Morgan fingerprint density at radius 2 is 2.14 bits per heavy atom. The summed E-state index contributed by atoms with van der Waals surface area (Å²) in [6.07, 6.45) is 2.76. The first-order valence-corrected chi connectivity index (χ1v) is 4.78. The summed E-state index contributed by atoms with van der Waals surface area (Å²) in [7, 11) is 1.51. The van der Waals surface area contributed by atoms with Gasteiger partial charge in [-0.05, 0) is 12.8 Å². The number of carbonyl (C=O) groups excluding carboxylic acids is 1. The molecule has 1 amide bonds. The fourth-order valence-electron chi connectivity index (χ4n) is 1.15. The SMILES string of the molecule is CN(CC(=O)O)C(=O)CCNC1CC1. The van der Waals surface area contributed by atoms with E-state index in [-0.39, 0.29) is 12.5 Å².